The number of methoxy groups -OCH3 is 1. The zero-order valence-corrected chi connectivity index (χ0v) is 23.2. The molecule has 1 N–H and O–H groups in total. The molecule has 40 heavy (non-hydrogen) atoms. The molecule has 0 atom stereocenters. The number of morpholine rings is 1. The van der Waals surface area contributed by atoms with Crippen molar-refractivity contribution in [2.24, 2.45) is 0 Å². The minimum atomic E-state index is -0.216. The summed E-state index contributed by atoms with van der Waals surface area (Å²) >= 11 is 1.51. The number of carbonyl (C=O) groups is 2. The molecule has 206 valence electrons. The molecule has 2 aliphatic heterocycles. The lowest BCUT2D eigenvalue weighted by Gasteiger charge is -2.31. The maximum Gasteiger partial charge on any atom is 0.275 e. The Balaban J connectivity index is 1.09. The molecule has 0 spiro atoms. The van der Waals surface area contributed by atoms with Crippen LogP contribution in [0.3, 0.4) is 0 Å². The quantitative estimate of drug-likeness (QED) is 0.364. The van der Waals surface area contributed by atoms with Gasteiger partial charge in [0.2, 0.25) is 0 Å². The predicted octanol–water partition coefficient (Wildman–Crippen LogP) is 4.81. The molecule has 2 amide bonds. The largest absolute Gasteiger partial charge is 0.496 e. The third kappa shape index (κ3) is 5.37. The highest BCUT2D eigenvalue weighted by Crippen LogP contribution is 2.33. The third-order valence-electron chi connectivity index (χ3n) is 7.51. The molecule has 0 radical (unpaired) electrons. The van der Waals surface area contributed by atoms with Crippen molar-refractivity contribution >= 4 is 45.4 Å². The van der Waals surface area contributed by atoms with Crippen LogP contribution in [0.1, 0.15) is 44.7 Å². The van der Waals surface area contributed by atoms with Gasteiger partial charge in [-0.2, -0.15) is 0 Å². The molecule has 0 aliphatic carbocycles. The lowest BCUT2D eigenvalue weighted by atomic mass is 9.97. The van der Waals surface area contributed by atoms with Crippen LogP contribution in [0.5, 0.6) is 5.75 Å². The number of hydrogen-bond acceptors (Lipinski definition) is 8. The molecular weight excluding hydrogens is 526 g/mol. The molecular formula is C30H31N5O4S. The molecule has 2 aromatic carbocycles. The first kappa shape index (κ1) is 26.2. The number of thiazole rings is 1. The monoisotopic (exact) mass is 557 g/mol. The van der Waals surface area contributed by atoms with E-state index in [1.165, 1.54) is 11.3 Å². The number of nitrogens with one attached hydrogen (secondary N) is 1. The van der Waals surface area contributed by atoms with Crippen molar-refractivity contribution in [3.05, 3.63) is 76.4 Å². The van der Waals surface area contributed by atoms with Crippen molar-refractivity contribution in [1.82, 2.24) is 14.9 Å². The molecule has 0 saturated carbocycles. The van der Waals surface area contributed by atoms with Gasteiger partial charge >= 0.3 is 0 Å². The summed E-state index contributed by atoms with van der Waals surface area (Å²) in [5.41, 5.74) is 3.31. The Morgan fingerprint density at radius 3 is 2.52 bits per heavy atom. The van der Waals surface area contributed by atoms with Crippen LogP contribution in [-0.4, -0.2) is 73.2 Å². The number of nitrogens with zero attached hydrogens (tertiary/aromatic N) is 4. The lowest BCUT2D eigenvalue weighted by molar-refractivity contribution is 0.0707. The second-order valence-corrected chi connectivity index (χ2v) is 10.8. The van der Waals surface area contributed by atoms with Gasteiger partial charge in [-0.3, -0.25) is 9.59 Å². The summed E-state index contributed by atoms with van der Waals surface area (Å²) in [5, 5.41) is 6.70. The average Bonchev–Trinajstić information content (AvgIpc) is 3.52. The molecule has 0 unspecified atom stereocenters. The predicted molar refractivity (Wildman–Crippen MR) is 156 cm³/mol. The number of ether oxygens (including phenoxy) is 2. The van der Waals surface area contributed by atoms with E-state index < -0.39 is 0 Å². The molecule has 2 saturated heterocycles. The Bertz CT molecular complexity index is 1530. The van der Waals surface area contributed by atoms with Crippen LogP contribution < -0.4 is 15.0 Å². The zero-order valence-electron chi connectivity index (χ0n) is 22.3. The number of carbonyl (C=O) groups excluding carboxylic acids is 2. The molecule has 2 aliphatic rings. The van der Waals surface area contributed by atoms with E-state index in [1.54, 1.807) is 13.2 Å². The zero-order chi connectivity index (χ0) is 27.5. The number of pyridine rings is 1. The molecule has 0 bridgehead atoms. The lowest BCUT2D eigenvalue weighted by Crippen LogP contribution is -2.38. The van der Waals surface area contributed by atoms with Gasteiger partial charge in [-0.1, -0.05) is 24.3 Å². The van der Waals surface area contributed by atoms with Gasteiger partial charge in [0, 0.05) is 48.9 Å². The van der Waals surface area contributed by atoms with E-state index in [1.807, 2.05) is 58.8 Å². The summed E-state index contributed by atoms with van der Waals surface area (Å²) in [6.07, 6.45) is 1.57. The molecule has 2 fully saturated rings. The highest BCUT2D eigenvalue weighted by molar-refractivity contribution is 7.10. The fraction of sp³-hybridized carbons (Fsp3) is 0.333. The van der Waals surface area contributed by atoms with Crippen molar-refractivity contribution in [2.45, 2.75) is 18.8 Å². The van der Waals surface area contributed by atoms with E-state index in [9.17, 15) is 9.59 Å². The normalized spacial score (nSPS) is 16.2. The number of likely N-dealkylation sites (tertiary alicyclic amines) is 1. The molecule has 4 aromatic rings. The highest BCUT2D eigenvalue weighted by atomic mass is 32.1. The molecule has 4 heterocycles. The number of aromatic nitrogens is 2. The summed E-state index contributed by atoms with van der Waals surface area (Å²) in [6.45, 7) is 4.14. The fourth-order valence-corrected chi connectivity index (χ4v) is 6.31. The first-order valence-corrected chi connectivity index (χ1v) is 14.4. The highest BCUT2D eigenvalue weighted by Gasteiger charge is 2.28. The summed E-state index contributed by atoms with van der Waals surface area (Å²) in [4.78, 5) is 39.8. The summed E-state index contributed by atoms with van der Waals surface area (Å²) in [7, 11) is 1.60. The number of hydrogen-bond donors (Lipinski definition) is 1. The van der Waals surface area contributed by atoms with Crippen LogP contribution in [0.15, 0.2) is 60.0 Å². The second kappa shape index (κ2) is 11.6. The van der Waals surface area contributed by atoms with Crippen LogP contribution in [0.4, 0.5) is 11.4 Å². The number of fused-ring (bicyclic) bond motifs is 1. The first-order chi connectivity index (χ1) is 19.6. The Hall–Kier alpha value is -4.02. The van der Waals surface area contributed by atoms with Crippen LogP contribution >= 0.6 is 11.3 Å². The topological polar surface area (TPSA) is 96.9 Å². The molecule has 9 nitrogen and oxygen atoms in total. The minimum Gasteiger partial charge on any atom is -0.496 e. The smallest absolute Gasteiger partial charge is 0.275 e. The van der Waals surface area contributed by atoms with Crippen LogP contribution in [0, 0.1) is 0 Å². The number of amides is 2. The van der Waals surface area contributed by atoms with E-state index >= 15 is 0 Å². The Kier molecular flexibility index (Phi) is 7.61. The Morgan fingerprint density at radius 2 is 1.73 bits per heavy atom. The van der Waals surface area contributed by atoms with Gasteiger partial charge in [0.25, 0.3) is 11.8 Å². The van der Waals surface area contributed by atoms with Gasteiger partial charge in [0.05, 0.1) is 42.2 Å². The van der Waals surface area contributed by atoms with Crippen molar-refractivity contribution < 1.29 is 19.1 Å². The van der Waals surface area contributed by atoms with E-state index in [0.29, 0.717) is 43.4 Å². The molecule has 10 heteroatoms. The summed E-state index contributed by atoms with van der Waals surface area (Å²) < 4.78 is 11.0. The fourth-order valence-electron chi connectivity index (χ4n) is 5.34. The molecule has 2 aromatic heterocycles. The Morgan fingerprint density at radius 1 is 0.975 bits per heavy atom. The molecule has 6 rings (SSSR count). The number of benzene rings is 2. The summed E-state index contributed by atoms with van der Waals surface area (Å²) in [5.74, 6) is 0.535. The third-order valence-corrected chi connectivity index (χ3v) is 8.51. The summed E-state index contributed by atoms with van der Waals surface area (Å²) in [6, 6.07) is 17.2. The van der Waals surface area contributed by atoms with E-state index in [0.717, 1.165) is 53.2 Å². The average molecular weight is 558 g/mol. The number of anilines is 2. The van der Waals surface area contributed by atoms with Crippen molar-refractivity contribution in [3.63, 3.8) is 0 Å². The maximum absolute atomic E-state index is 13.3. The minimum absolute atomic E-state index is 0.0966. The van der Waals surface area contributed by atoms with E-state index in [-0.39, 0.29) is 17.7 Å². The number of para-hydroxylation sites is 3. The van der Waals surface area contributed by atoms with Gasteiger partial charge in [-0.15, -0.1) is 11.3 Å². The van der Waals surface area contributed by atoms with Gasteiger partial charge < -0.3 is 24.6 Å². The van der Waals surface area contributed by atoms with Gasteiger partial charge in [-0.25, -0.2) is 9.97 Å². The van der Waals surface area contributed by atoms with Gasteiger partial charge in [0.15, 0.2) is 0 Å². The van der Waals surface area contributed by atoms with Crippen LogP contribution in [0.2, 0.25) is 0 Å². The first-order valence-electron chi connectivity index (χ1n) is 13.5. The van der Waals surface area contributed by atoms with Crippen LogP contribution in [-0.2, 0) is 4.74 Å². The van der Waals surface area contributed by atoms with E-state index in [2.05, 4.69) is 15.2 Å². The van der Waals surface area contributed by atoms with Crippen LogP contribution in [0.25, 0.3) is 10.9 Å². The second-order valence-electron chi connectivity index (χ2n) is 9.94. The number of rotatable bonds is 6. The van der Waals surface area contributed by atoms with E-state index in [4.69, 9.17) is 14.5 Å². The van der Waals surface area contributed by atoms with Crippen molar-refractivity contribution in [2.75, 3.05) is 56.7 Å². The van der Waals surface area contributed by atoms with Crippen molar-refractivity contribution in [1.29, 1.82) is 0 Å². The Labute approximate surface area is 236 Å². The van der Waals surface area contributed by atoms with Crippen molar-refractivity contribution in [3.8, 4) is 5.75 Å². The maximum atomic E-state index is 13.3. The standard InChI is InChI=1S/C30H31N5O4S/c1-38-27-18-24(31-22-7-3-2-6-21(22)27)30(37)35-12-10-20(11-13-35)29-33-25(19-40-29)28(36)32-23-8-4-5-9-26(23)34-14-16-39-17-15-34/h2-9,18-20H,10-17H2,1H3,(H,32,36). The van der Waals surface area contributed by atoms with Gasteiger partial charge in [0.1, 0.15) is 17.1 Å². The number of piperidine rings is 1. The SMILES string of the molecule is COc1cc(C(=O)N2CCC(c3nc(C(=O)Nc4ccccc4N4CCOCC4)cs3)CC2)nc2ccccc12. The van der Waals surface area contributed by atoms with Gasteiger partial charge in [-0.05, 0) is 37.1 Å².